The number of piperazine rings is 1. The van der Waals surface area contributed by atoms with Gasteiger partial charge in [0.1, 0.15) is 6.54 Å². The van der Waals surface area contributed by atoms with E-state index in [9.17, 15) is 9.59 Å². The number of rotatable bonds is 4. The molecule has 2 heterocycles. The molecule has 0 radical (unpaired) electrons. The highest BCUT2D eigenvalue weighted by Crippen LogP contribution is 2.09. The van der Waals surface area contributed by atoms with Gasteiger partial charge in [0.25, 0.3) is 5.91 Å². The molecule has 1 aromatic heterocycles. The number of hydrogen-bond acceptors (Lipinski definition) is 4. The predicted molar refractivity (Wildman–Crippen MR) is 95.5 cm³/mol. The van der Waals surface area contributed by atoms with Crippen LogP contribution in [-0.4, -0.2) is 85.3 Å². The number of aliphatic imine (C=N–C) groups is 1. The van der Waals surface area contributed by atoms with Crippen molar-refractivity contribution in [1.29, 1.82) is 0 Å². The van der Waals surface area contributed by atoms with Gasteiger partial charge in [-0.15, -0.1) is 0 Å². The molecule has 2 amide bonds. The number of carbonyl (C=O) groups is 2. The quantitative estimate of drug-likeness (QED) is 0.632. The van der Waals surface area contributed by atoms with E-state index in [1.165, 1.54) is 11.2 Å². The molecule has 0 saturated carbocycles. The SMILES string of the molecule is CC(C)NC(=NCC(=O)N(C)C)N1CCN(C(=O)c2ccco2)CC1. The Balaban J connectivity index is 1.97. The van der Waals surface area contributed by atoms with Crippen LogP contribution in [0.3, 0.4) is 0 Å². The van der Waals surface area contributed by atoms with Gasteiger partial charge >= 0.3 is 0 Å². The van der Waals surface area contributed by atoms with Crippen LogP contribution in [0.2, 0.25) is 0 Å². The highest BCUT2D eigenvalue weighted by atomic mass is 16.3. The van der Waals surface area contributed by atoms with E-state index in [0.29, 0.717) is 37.9 Å². The Hall–Kier alpha value is -2.51. The summed E-state index contributed by atoms with van der Waals surface area (Å²) in [5, 5.41) is 3.30. The number of nitrogens with zero attached hydrogens (tertiary/aromatic N) is 4. The molecule has 0 spiro atoms. The molecule has 0 bridgehead atoms. The van der Waals surface area contributed by atoms with Crippen molar-refractivity contribution in [3.8, 4) is 0 Å². The number of amides is 2. The number of hydrogen-bond donors (Lipinski definition) is 1. The molecule has 1 aliphatic heterocycles. The van der Waals surface area contributed by atoms with Gasteiger partial charge in [-0.05, 0) is 26.0 Å². The molecule has 1 aromatic rings. The van der Waals surface area contributed by atoms with Crippen LogP contribution >= 0.6 is 0 Å². The summed E-state index contributed by atoms with van der Waals surface area (Å²) in [7, 11) is 3.43. The summed E-state index contributed by atoms with van der Waals surface area (Å²) in [6.07, 6.45) is 1.50. The van der Waals surface area contributed by atoms with Crippen molar-refractivity contribution in [3.63, 3.8) is 0 Å². The standard InChI is InChI=1S/C17H27N5O3/c1-13(2)19-17(18-12-15(23)20(3)4)22-9-7-21(8-10-22)16(24)14-6-5-11-25-14/h5-6,11,13H,7-10,12H2,1-4H3,(H,18,19). The lowest BCUT2D eigenvalue weighted by atomic mass is 10.3. The van der Waals surface area contributed by atoms with Crippen LogP contribution in [0.1, 0.15) is 24.4 Å². The summed E-state index contributed by atoms with van der Waals surface area (Å²) in [4.78, 5) is 33.9. The fourth-order valence-electron chi connectivity index (χ4n) is 2.46. The molecular formula is C17H27N5O3. The van der Waals surface area contributed by atoms with Gasteiger partial charge in [-0.2, -0.15) is 0 Å². The molecule has 8 heteroatoms. The first-order valence-corrected chi connectivity index (χ1v) is 8.47. The first-order chi connectivity index (χ1) is 11.9. The van der Waals surface area contributed by atoms with Crippen molar-refractivity contribution in [2.24, 2.45) is 4.99 Å². The zero-order valence-electron chi connectivity index (χ0n) is 15.4. The topological polar surface area (TPSA) is 81.4 Å². The Morgan fingerprint density at radius 3 is 2.40 bits per heavy atom. The van der Waals surface area contributed by atoms with Crippen molar-refractivity contribution >= 4 is 17.8 Å². The van der Waals surface area contributed by atoms with Gasteiger partial charge in [0.15, 0.2) is 11.7 Å². The number of carbonyl (C=O) groups excluding carboxylic acids is 2. The average molecular weight is 349 g/mol. The lowest BCUT2D eigenvalue weighted by Gasteiger charge is -2.36. The minimum Gasteiger partial charge on any atom is -0.459 e. The van der Waals surface area contributed by atoms with Gasteiger partial charge < -0.3 is 24.4 Å². The van der Waals surface area contributed by atoms with Crippen LogP contribution in [0, 0.1) is 0 Å². The first kappa shape index (κ1) is 18.8. The van der Waals surface area contributed by atoms with E-state index in [2.05, 4.69) is 15.2 Å². The van der Waals surface area contributed by atoms with Crippen molar-refractivity contribution < 1.29 is 14.0 Å². The van der Waals surface area contributed by atoms with E-state index in [1.54, 1.807) is 31.1 Å². The minimum absolute atomic E-state index is 0.0466. The summed E-state index contributed by atoms with van der Waals surface area (Å²) in [6.45, 7) is 6.63. The zero-order valence-corrected chi connectivity index (χ0v) is 15.4. The highest BCUT2D eigenvalue weighted by Gasteiger charge is 2.25. The molecular weight excluding hydrogens is 322 g/mol. The number of nitrogens with one attached hydrogen (secondary N) is 1. The van der Waals surface area contributed by atoms with E-state index in [1.807, 2.05) is 13.8 Å². The Labute approximate surface area is 148 Å². The maximum absolute atomic E-state index is 12.3. The molecule has 8 nitrogen and oxygen atoms in total. The van der Waals surface area contributed by atoms with Crippen LogP contribution in [0.25, 0.3) is 0 Å². The molecule has 0 unspecified atom stereocenters. The second kappa shape index (κ2) is 8.55. The van der Waals surface area contributed by atoms with Crippen molar-refractivity contribution in [2.75, 3.05) is 46.8 Å². The molecule has 0 atom stereocenters. The third kappa shape index (κ3) is 5.23. The monoisotopic (exact) mass is 349 g/mol. The van der Waals surface area contributed by atoms with Crippen molar-refractivity contribution in [1.82, 2.24) is 20.0 Å². The molecule has 1 fully saturated rings. The maximum Gasteiger partial charge on any atom is 0.289 e. The van der Waals surface area contributed by atoms with Gasteiger partial charge in [0.05, 0.1) is 6.26 Å². The Morgan fingerprint density at radius 1 is 1.24 bits per heavy atom. The van der Waals surface area contributed by atoms with Crippen LogP contribution in [0.5, 0.6) is 0 Å². The lowest BCUT2D eigenvalue weighted by molar-refractivity contribution is -0.127. The second-order valence-corrected chi connectivity index (χ2v) is 6.48. The fraction of sp³-hybridized carbons (Fsp3) is 0.588. The molecule has 0 aromatic carbocycles. The Bertz CT molecular complexity index is 602. The molecule has 0 aliphatic carbocycles. The van der Waals surface area contributed by atoms with E-state index in [-0.39, 0.29) is 24.4 Å². The largest absolute Gasteiger partial charge is 0.459 e. The first-order valence-electron chi connectivity index (χ1n) is 8.47. The minimum atomic E-state index is -0.0947. The van der Waals surface area contributed by atoms with Gasteiger partial charge in [-0.3, -0.25) is 9.59 Å². The van der Waals surface area contributed by atoms with Crippen LogP contribution < -0.4 is 5.32 Å². The third-order valence-corrected chi connectivity index (χ3v) is 3.88. The molecule has 2 rings (SSSR count). The summed E-state index contributed by atoms with van der Waals surface area (Å²) < 4.78 is 5.18. The van der Waals surface area contributed by atoms with E-state index in [0.717, 1.165) is 0 Å². The van der Waals surface area contributed by atoms with Gasteiger partial charge in [-0.25, -0.2) is 4.99 Å². The summed E-state index contributed by atoms with van der Waals surface area (Å²) in [5.41, 5.74) is 0. The summed E-state index contributed by atoms with van der Waals surface area (Å²) >= 11 is 0. The lowest BCUT2D eigenvalue weighted by Crippen LogP contribution is -2.54. The van der Waals surface area contributed by atoms with Crippen molar-refractivity contribution in [3.05, 3.63) is 24.2 Å². The fourth-order valence-corrected chi connectivity index (χ4v) is 2.46. The number of likely N-dealkylation sites (N-methyl/N-ethyl adjacent to an activating group) is 1. The van der Waals surface area contributed by atoms with E-state index in [4.69, 9.17) is 4.42 Å². The Morgan fingerprint density at radius 2 is 1.88 bits per heavy atom. The van der Waals surface area contributed by atoms with Gasteiger partial charge in [0, 0.05) is 46.3 Å². The maximum atomic E-state index is 12.3. The second-order valence-electron chi connectivity index (χ2n) is 6.48. The van der Waals surface area contributed by atoms with Gasteiger partial charge in [-0.1, -0.05) is 0 Å². The Kier molecular flexibility index (Phi) is 6.44. The molecule has 1 aliphatic rings. The van der Waals surface area contributed by atoms with Crippen LogP contribution in [0.15, 0.2) is 27.8 Å². The van der Waals surface area contributed by atoms with E-state index >= 15 is 0 Å². The summed E-state index contributed by atoms with van der Waals surface area (Å²) in [6, 6.07) is 3.59. The molecule has 138 valence electrons. The summed E-state index contributed by atoms with van der Waals surface area (Å²) in [5.74, 6) is 0.923. The van der Waals surface area contributed by atoms with Crippen LogP contribution in [-0.2, 0) is 4.79 Å². The molecule has 1 saturated heterocycles. The normalized spacial score (nSPS) is 15.5. The number of furan rings is 1. The molecule has 1 N–H and O–H groups in total. The number of guanidine groups is 1. The van der Waals surface area contributed by atoms with E-state index < -0.39 is 0 Å². The smallest absolute Gasteiger partial charge is 0.289 e. The third-order valence-electron chi connectivity index (χ3n) is 3.88. The van der Waals surface area contributed by atoms with Gasteiger partial charge in [0.2, 0.25) is 5.91 Å². The zero-order chi connectivity index (χ0) is 18.4. The average Bonchev–Trinajstić information content (AvgIpc) is 3.12. The van der Waals surface area contributed by atoms with Crippen molar-refractivity contribution in [2.45, 2.75) is 19.9 Å². The predicted octanol–water partition coefficient (Wildman–Crippen LogP) is 0.480. The molecule has 25 heavy (non-hydrogen) atoms. The highest BCUT2D eigenvalue weighted by molar-refractivity contribution is 5.91. The van der Waals surface area contributed by atoms with Crippen LogP contribution in [0.4, 0.5) is 0 Å².